The van der Waals surface area contributed by atoms with Gasteiger partial charge in [-0.3, -0.25) is 9.78 Å². The Balaban J connectivity index is 1.57. The smallest absolute Gasteiger partial charge is 0.209 e. The molecule has 0 bridgehead atoms. The van der Waals surface area contributed by atoms with Crippen molar-refractivity contribution in [1.29, 1.82) is 0 Å². The number of halogens is 1. The highest BCUT2D eigenvalue weighted by molar-refractivity contribution is 5.88. The van der Waals surface area contributed by atoms with E-state index in [-0.39, 0.29) is 17.7 Å². The van der Waals surface area contributed by atoms with Crippen molar-refractivity contribution < 1.29 is 13.9 Å². The van der Waals surface area contributed by atoms with E-state index < -0.39 is 0 Å². The summed E-state index contributed by atoms with van der Waals surface area (Å²) < 4.78 is 20.5. The van der Waals surface area contributed by atoms with E-state index in [1.165, 1.54) is 6.07 Å². The van der Waals surface area contributed by atoms with Crippen LogP contribution in [0.15, 0.2) is 48.7 Å². The Morgan fingerprint density at radius 2 is 1.96 bits per heavy atom. The number of amides is 1. The van der Waals surface area contributed by atoms with Crippen molar-refractivity contribution in [3.05, 3.63) is 60.0 Å². The van der Waals surface area contributed by atoms with Crippen LogP contribution in [0.2, 0.25) is 0 Å². The van der Waals surface area contributed by atoms with Crippen molar-refractivity contribution in [2.24, 2.45) is 0 Å². The fourth-order valence-corrected chi connectivity index (χ4v) is 3.61. The van der Waals surface area contributed by atoms with Gasteiger partial charge in [-0.25, -0.2) is 4.39 Å². The van der Waals surface area contributed by atoms with Crippen LogP contribution in [0.4, 0.5) is 4.39 Å². The van der Waals surface area contributed by atoms with Gasteiger partial charge in [0.1, 0.15) is 6.10 Å². The van der Waals surface area contributed by atoms with E-state index in [0.29, 0.717) is 25.9 Å². The summed E-state index contributed by atoms with van der Waals surface area (Å²) in [4.78, 5) is 17.0. The number of carbonyl (C=O) groups is 1. The van der Waals surface area contributed by atoms with Crippen molar-refractivity contribution in [2.45, 2.75) is 25.9 Å². The van der Waals surface area contributed by atoms with Crippen molar-refractivity contribution in [1.82, 2.24) is 9.88 Å². The van der Waals surface area contributed by atoms with Crippen LogP contribution in [0.3, 0.4) is 0 Å². The number of benzene rings is 2. The highest BCUT2D eigenvalue weighted by atomic mass is 19.1. The third-order valence-electron chi connectivity index (χ3n) is 5.21. The van der Waals surface area contributed by atoms with Crippen molar-refractivity contribution >= 4 is 17.3 Å². The Bertz CT molecular complexity index is 981. The second-order valence-electron chi connectivity index (χ2n) is 6.92. The highest BCUT2D eigenvalue weighted by Crippen LogP contribution is 2.31. The van der Waals surface area contributed by atoms with E-state index >= 15 is 0 Å². The fourth-order valence-electron chi connectivity index (χ4n) is 3.61. The molecule has 4 rings (SSSR count). The minimum atomic E-state index is -0.377. The van der Waals surface area contributed by atoms with Crippen LogP contribution in [-0.2, 0) is 4.79 Å². The molecule has 1 amide bonds. The van der Waals surface area contributed by atoms with E-state index in [1.807, 2.05) is 37.3 Å². The number of para-hydroxylation sites is 1. The Morgan fingerprint density at radius 1 is 1.19 bits per heavy atom. The standard InChI is InChI=1S/C22H21FN2O2/c1-15-18-4-2-3-5-21(18)24-13-19(15)16-6-7-22(20(23)12-16)27-17-8-10-25(14-26)11-9-17/h2-7,12-14,17H,8-11H2,1H3. The third kappa shape index (κ3) is 3.50. The summed E-state index contributed by atoms with van der Waals surface area (Å²) in [5.41, 5.74) is 3.71. The molecule has 0 radical (unpaired) electrons. The summed E-state index contributed by atoms with van der Waals surface area (Å²) in [6.07, 6.45) is 4.01. The molecule has 2 aromatic carbocycles. The van der Waals surface area contributed by atoms with Crippen LogP contribution in [0, 0.1) is 12.7 Å². The molecule has 1 aromatic heterocycles. The monoisotopic (exact) mass is 364 g/mol. The molecule has 2 heterocycles. The zero-order chi connectivity index (χ0) is 18.8. The zero-order valence-corrected chi connectivity index (χ0v) is 15.2. The van der Waals surface area contributed by atoms with E-state index in [0.717, 1.165) is 34.0 Å². The van der Waals surface area contributed by atoms with Gasteiger partial charge in [0.25, 0.3) is 0 Å². The van der Waals surface area contributed by atoms with Gasteiger partial charge in [-0.05, 0) is 36.2 Å². The Labute approximate surface area is 157 Å². The molecule has 1 fully saturated rings. The first-order valence-corrected chi connectivity index (χ1v) is 9.16. The molecule has 0 aliphatic carbocycles. The highest BCUT2D eigenvalue weighted by Gasteiger charge is 2.21. The van der Waals surface area contributed by atoms with Crippen molar-refractivity contribution in [3.63, 3.8) is 0 Å². The minimum absolute atomic E-state index is 0.0642. The summed E-state index contributed by atoms with van der Waals surface area (Å²) in [5, 5.41) is 1.07. The molecule has 3 aromatic rings. The van der Waals surface area contributed by atoms with Gasteiger partial charge >= 0.3 is 0 Å². The van der Waals surface area contributed by atoms with Gasteiger partial charge in [-0.2, -0.15) is 0 Å². The summed E-state index contributed by atoms with van der Waals surface area (Å²) in [6, 6.07) is 13.0. The molecule has 138 valence electrons. The lowest BCUT2D eigenvalue weighted by Gasteiger charge is -2.29. The number of hydrogen-bond donors (Lipinski definition) is 0. The van der Waals surface area contributed by atoms with E-state index in [2.05, 4.69) is 4.98 Å². The summed E-state index contributed by atoms with van der Waals surface area (Å²) in [7, 11) is 0. The van der Waals surface area contributed by atoms with Gasteiger partial charge in [0.05, 0.1) is 5.52 Å². The Kier molecular flexibility index (Phi) is 4.75. The first-order chi connectivity index (χ1) is 13.2. The number of hydrogen-bond acceptors (Lipinski definition) is 3. The molecule has 1 aliphatic rings. The number of pyridine rings is 1. The van der Waals surface area contributed by atoms with E-state index in [4.69, 9.17) is 4.74 Å². The van der Waals surface area contributed by atoms with E-state index in [1.54, 1.807) is 17.2 Å². The second-order valence-corrected chi connectivity index (χ2v) is 6.92. The first-order valence-electron chi connectivity index (χ1n) is 9.16. The van der Waals surface area contributed by atoms with Gasteiger partial charge in [-0.1, -0.05) is 24.3 Å². The molecule has 0 saturated carbocycles. The fraction of sp³-hybridized carbons (Fsp3) is 0.273. The zero-order valence-electron chi connectivity index (χ0n) is 15.2. The number of aromatic nitrogens is 1. The molecule has 5 heteroatoms. The SMILES string of the molecule is Cc1c(-c2ccc(OC3CCN(C=O)CC3)c(F)c2)cnc2ccccc12. The van der Waals surface area contributed by atoms with Gasteiger partial charge < -0.3 is 9.64 Å². The lowest BCUT2D eigenvalue weighted by atomic mass is 9.99. The number of ether oxygens (including phenoxy) is 1. The molecule has 0 spiro atoms. The van der Waals surface area contributed by atoms with Crippen LogP contribution >= 0.6 is 0 Å². The van der Waals surface area contributed by atoms with Gasteiger partial charge in [0, 0.05) is 43.1 Å². The lowest BCUT2D eigenvalue weighted by molar-refractivity contribution is -0.119. The van der Waals surface area contributed by atoms with Crippen LogP contribution in [-0.4, -0.2) is 35.5 Å². The van der Waals surface area contributed by atoms with Gasteiger partial charge in [-0.15, -0.1) is 0 Å². The van der Waals surface area contributed by atoms with Crippen LogP contribution in [0.1, 0.15) is 18.4 Å². The first kappa shape index (κ1) is 17.5. The van der Waals surface area contributed by atoms with Gasteiger partial charge in [0.15, 0.2) is 11.6 Å². The average Bonchev–Trinajstić information content (AvgIpc) is 2.71. The maximum absolute atomic E-state index is 14.7. The molecule has 0 atom stereocenters. The maximum Gasteiger partial charge on any atom is 0.209 e. The van der Waals surface area contributed by atoms with Crippen LogP contribution in [0.5, 0.6) is 5.75 Å². The average molecular weight is 364 g/mol. The number of carbonyl (C=O) groups excluding carboxylic acids is 1. The molecule has 4 nitrogen and oxygen atoms in total. The predicted molar refractivity (Wildman–Crippen MR) is 103 cm³/mol. The predicted octanol–water partition coefficient (Wildman–Crippen LogP) is 4.35. The van der Waals surface area contributed by atoms with Crippen LogP contribution in [0.25, 0.3) is 22.0 Å². The van der Waals surface area contributed by atoms with Crippen LogP contribution < -0.4 is 4.74 Å². The van der Waals surface area contributed by atoms with Crippen molar-refractivity contribution in [2.75, 3.05) is 13.1 Å². The van der Waals surface area contributed by atoms with E-state index in [9.17, 15) is 9.18 Å². The number of piperidine rings is 1. The molecule has 0 unspecified atom stereocenters. The molecule has 1 aliphatic heterocycles. The molecule has 1 saturated heterocycles. The molecular formula is C22H21FN2O2. The summed E-state index contributed by atoms with van der Waals surface area (Å²) >= 11 is 0. The Hall–Kier alpha value is -2.95. The number of nitrogens with zero attached hydrogens (tertiary/aromatic N) is 2. The summed E-state index contributed by atoms with van der Waals surface area (Å²) in [6.45, 7) is 3.33. The second kappa shape index (κ2) is 7.35. The lowest BCUT2D eigenvalue weighted by Crippen LogP contribution is -2.37. The number of aryl methyl sites for hydroxylation is 1. The van der Waals surface area contributed by atoms with Crippen molar-refractivity contribution in [3.8, 4) is 16.9 Å². The summed E-state index contributed by atoms with van der Waals surface area (Å²) in [5.74, 6) is -0.118. The molecule has 0 N–H and O–H groups in total. The number of fused-ring (bicyclic) bond motifs is 1. The molecular weight excluding hydrogens is 343 g/mol. The Morgan fingerprint density at radius 3 is 2.70 bits per heavy atom. The minimum Gasteiger partial charge on any atom is -0.487 e. The largest absolute Gasteiger partial charge is 0.487 e. The maximum atomic E-state index is 14.7. The third-order valence-corrected chi connectivity index (χ3v) is 5.21. The quantitative estimate of drug-likeness (QED) is 0.647. The molecule has 27 heavy (non-hydrogen) atoms. The van der Waals surface area contributed by atoms with Gasteiger partial charge in [0.2, 0.25) is 6.41 Å². The number of rotatable bonds is 4. The number of likely N-dealkylation sites (tertiary alicyclic amines) is 1. The normalized spacial score (nSPS) is 15.1. The topological polar surface area (TPSA) is 42.4 Å².